The van der Waals surface area contributed by atoms with Crippen molar-refractivity contribution < 1.29 is 9.18 Å². The summed E-state index contributed by atoms with van der Waals surface area (Å²) < 4.78 is 12.7. The van der Waals surface area contributed by atoms with Gasteiger partial charge < -0.3 is 0 Å². The van der Waals surface area contributed by atoms with Gasteiger partial charge in [0.1, 0.15) is 5.82 Å². The molecule has 0 unspecified atom stereocenters. The molecule has 0 aliphatic heterocycles. The predicted molar refractivity (Wildman–Crippen MR) is 53.7 cm³/mol. The quantitative estimate of drug-likeness (QED) is 0.692. The zero-order valence-electron chi connectivity index (χ0n) is 7.42. The predicted octanol–water partition coefficient (Wildman–Crippen LogP) is 2.76. The number of hydrogen-bond donors (Lipinski definition) is 0. The number of halogens is 1. The van der Waals surface area contributed by atoms with Gasteiger partial charge in [-0.2, -0.15) is 11.8 Å². The molecular formula is C10H11FOS. The van der Waals surface area contributed by atoms with Crippen LogP contribution in [0.3, 0.4) is 0 Å². The van der Waals surface area contributed by atoms with Crippen LogP contribution >= 0.6 is 11.8 Å². The van der Waals surface area contributed by atoms with Crippen LogP contribution in [0.4, 0.5) is 4.39 Å². The molecular weight excluding hydrogens is 187 g/mol. The van der Waals surface area contributed by atoms with Gasteiger partial charge in [0.15, 0.2) is 5.78 Å². The highest BCUT2D eigenvalue weighted by molar-refractivity contribution is 7.99. The molecule has 0 aliphatic rings. The van der Waals surface area contributed by atoms with Crippen molar-refractivity contribution in [1.82, 2.24) is 0 Å². The number of Topliss-reactive ketones (excluding diaryl/α,β-unsaturated/α-hetero) is 1. The minimum Gasteiger partial charge on any atom is -0.293 e. The fraction of sp³-hybridized carbons (Fsp3) is 0.300. The summed E-state index contributed by atoms with van der Waals surface area (Å²) in [4.78, 5) is 11.4. The van der Waals surface area contributed by atoms with E-state index in [-0.39, 0.29) is 11.6 Å². The van der Waals surface area contributed by atoms with Gasteiger partial charge in [-0.1, -0.05) is 19.1 Å². The molecule has 1 rings (SSSR count). The summed E-state index contributed by atoms with van der Waals surface area (Å²) in [6.07, 6.45) is 0. The van der Waals surface area contributed by atoms with E-state index in [1.165, 1.54) is 12.1 Å². The molecule has 1 aromatic rings. The standard InChI is InChI=1S/C10H11FOS/c1-2-13-7-10(12)8-4-3-5-9(11)6-8/h3-6H,2,7H2,1H3. The molecule has 3 heteroatoms. The van der Waals surface area contributed by atoms with Crippen LogP contribution in [-0.4, -0.2) is 17.3 Å². The highest BCUT2D eigenvalue weighted by atomic mass is 32.2. The number of rotatable bonds is 4. The van der Waals surface area contributed by atoms with Crippen LogP contribution < -0.4 is 0 Å². The van der Waals surface area contributed by atoms with Crippen molar-refractivity contribution >= 4 is 17.5 Å². The first-order chi connectivity index (χ1) is 6.24. The Morgan fingerprint density at radius 2 is 2.31 bits per heavy atom. The van der Waals surface area contributed by atoms with Gasteiger partial charge >= 0.3 is 0 Å². The molecule has 0 heterocycles. The summed E-state index contributed by atoms with van der Waals surface area (Å²) >= 11 is 1.54. The van der Waals surface area contributed by atoms with E-state index in [1.54, 1.807) is 23.9 Å². The third kappa shape index (κ3) is 3.19. The summed E-state index contributed by atoms with van der Waals surface area (Å²) in [5.41, 5.74) is 0.459. The van der Waals surface area contributed by atoms with Crippen molar-refractivity contribution in [2.75, 3.05) is 11.5 Å². The molecule has 0 N–H and O–H groups in total. The van der Waals surface area contributed by atoms with Gasteiger partial charge in [0, 0.05) is 5.56 Å². The Kier molecular flexibility index (Phi) is 3.96. The van der Waals surface area contributed by atoms with Crippen LogP contribution in [0.1, 0.15) is 17.3 Å². The van der Waals surface area contributed by atoms with Gasteiger partial charge in [0.2, 0.25) is 0 Å². The topological polar surface area (TPSA) is 17.1 Å². The highest BCUT2D eigenvalue weighted by Gasteiger charge is 2.05. The van der Waals surface area contributed by atoms with Crippen LogP contribution in [0.15, 0.2) is 24.3 Å². The Morgan fingerprint density at radius 1 is 1.54 bits per heavy atom. The van der Waals surface area contributed by atoms with Crippen molar-refractivity contribution in [2.24, 2.45) is 0 Å². The molecule has 0 radical (unpaired) electrons. The molecule has 0 fully saturated rings. The summed E-state index contributed by atoms with van der Waals surface area (Å²) in [5, 5.41) is 0. The Bertz CT molecular complexity index is 299. The normalized spacial score (nSPS) is 10.0. The number of thioether (sulfide) groups is 1. The minimum absolute atomic E-state index is 0.00801. The lowest BCUT2D eigenvalue weighted by molar-refractivity contribution is 0.102. The number of carbonyl (C=O) groups is 1. The average molecular weight is 198 g/mol. The maximum absolute atomic E-state index is 12.7. The van der Waals surface area contributed by atoms with E-state index in [0.29, 0.717) is 11.3 Å². The summed E-state index contributed by atoms with van der Waals surface area (Å²) in [7, 11) is 0. The van der Waals surface area contributed by atoms with Gasteiger partial charge in [-0.25, -0.2) is 4.39 Å². The SMILES string of the molecule is CCSCC(=O)c1cccc(F)c1. The monoisotopic (exact) mass is 198 g/mol. The first-order valence-electron chi connectivity index (χ1n) is 4.10. The van der Waals surface area contributed by atoms with Crippen LogP contribution in [0.5, 0.6) is 0 Å². The van der Waals surface area contributed by atoms with Crippen LogP contribution in [0.25, 0.3) is 0 Å². The van der Waals surface area contributed by atoms with E-state index >= 15 is 0 Å². The number of carbonyl (C=O) groups excluding carboxylic acids is 1. The molecule has 0 atom stereocenters. The third-order valence-electron chi connectivity index (χ3n) is 1.58. The van der Waals surface area contributed by atoms with E-state index in [2.05, 4.69) is 0 Å². The molecule has 0 amide bonds. The number of hydrogen-bond acceptors (Lipinski definition) is 2. The van der Waals surface area contributed by atoms with Crippen LogP contribution in [0.2, 0.25) is 0 Å². The van der Waals surface area contributed by atoms with E-state index in [9.17, 15) is 9.18 Å². The molecule has 70 valence electrons. The average Bonchev–Trinajstić information content (AvgIpc) is 2.14. The first-order valence-corrected chi connectivity index (χ1v) is 5.26. The largest absolute Gasteiger partial charge is 0.293 e. The lowest BCUT2D eigenvalue weighted by Gasteiger charge is -1.99. The first kappa shape index (κ1) is 10.3. The minimum atomic E-state index is -0.354. The van der Waals surface area contributed by atoms with Gasteiger partial charge in [-0.3, -0.25) is 4.79 Å². The van der Waals surface area contributed by atoms with Crippen molar-refractivity contribution in [2.45, 2.75) is 6.92 Å². The van der Waals surface area contributed by atoms with Gasteiger partial charge in [-0.15, -0.1) is 0 Å². The van der Waals surface area contributed by atoms with E-state index in [4.69, 9.17) is 0 Å². The van der Waals surface area contributed by atoms with Gasteiger partial charge in [0.25, 0.3) is 0 Å². The molecule has 13 heavy (non-hydrogen) atoms. The maximum Gasteiger partial charge on any atom is 0.172 e. The van der Waals surface area contributed by atoms with E-state index in [0.717, 1.165) is 5.75 Å². The lowest BCUT2D eigenvalue weighted by Crippen LogP contribution is -2.02. The van der Waals surface area contributed by atoms with Gasteiger partial charge in [0.05, 0.1) is 5.75 Å². The molecule has 0 bridgehead atoms. The second-order valence-corrected chi connectivity index (χ2v) is 3.84. The van der Waals surface area contributed by atoms with Crippen molar-refractivity contribution in [3.05, 3.63) is 35.6 Å². The molecule has 1 aromatic carbocycles. The molecule has 1 nitrogen and oxygen atoms in total. The van der Waals surface area contributed by atoms with Crippen LogP contribution in [0, 0.1) is 5.82 Å². The zero-order valence-corrected chi connectivity index (χ0v) is 8.23. The molecule has 0 spiro atoms. The van der Waals surface area contributed by atoms with E-state index < -0.39 is 0 Å². The molecule has 0 saturated heterocycles. The summed E-state index contributed by atoms with van der Waals surface area (Å²) in [6, 6.07) is 5.81. The number of ketones is 1. The van der Waals surface area contributed by atoms with Crippen LogP contribution in [-0.2, 0) is 0 Å². The fourth-order valence-electron chi connectivity index (χ4n) is 0.940. The van der Waals surface area contributed by atoms with Crippen molar-refractivity contribution in [3.8, 4) is 0 Å². The highest BCUT2D eigenvalue weighted by Crippen LogP contribution is 2.08. The molecule has 0 aliphatic carbocycles. The van der Waals surface area contributed by atoms with Crippen molar-refractivity contribution in [1.29, 1.82) is 0 Å². The number of benzene rings is 1. The third-order valence-corrected chi connectivity index (χ3v) is 2.46. The van der Waals surface area contributed by atoms with Crippen molar-refractivity contribution in [3.63, 3.8) is 0 Å². The Balaban J connectivity index is 2.66. The Hall–Kier alpha value is -0.830. The Morgan fingerprint density at radius 3 is 2.92 bits per heavy atom. The lowest BCUT2D eigenvalue weighted by atomic mass is 10.1. The summed E-state index contributed by atoms with van der Waals surface area (Å²) in [5.74, 6) is 0.972. The summed E-state index contributed by atoms with van der Waals surface area (Å²) in [6.45, 7) is 1.99. The molecule has 0 aromatic heterocycles. The smallest absolute Gasteiger partial charge is 0.172 e. The fourth-order valence-corrected chi connectivity index (χ4v) is 1.50. The zero-order chi connectivity index (χ0) is 9.68. The maximum atomic E-state index is 12.7. The Labute approximate surface area is 81.3 Å². The van der Waals surface area contributed by atoms with E-state index in [1.807, 2.05) is 6.92 Å². The van der Waals surface area contributed by atoms with Gasteiger partial charge in [-0.05, 0) is 17.9 Å². The second kappa shape index (κ2) is 5.02. The molecule has 0 saturated carbocycles. The second-order valence-electron chi connectivity index (χ2n) is 2.57.